The number of anilines is 1. The lowest BCUT2D eigenvalue weighted by Crippen LogP contribution is -2.13. The van der Waals surface area contributed by atoms with Crippen molar-refractivity contribution in [1.82, 2.24) is 14.8 Å². The zero-order valence-corrected chi connectivity index (χ0v) is 18.2. The summed E-state index contributed by atoms with van der Waals surface area (Å²) in [5.74, 6) is 1.44. The second kappa shape index (κ2) is 9.03. The molecule has 29 heavy (non-hydrogen) atoms. The van der Waals surface area contributed by atoms with Crippen LogP contribution >= 0.6 is 22.6 Å². The molecule has 0 fully saturated rings. The van der Waals surface area contributed by atoms with E-state index in [4.69, 9.17) is 9.47 Å². The van der Waals surface area contributed by atoms with Crippen molar-refractivity contribution in [3.63, 3.8) is 0 Å². The zero-order valence-electron chi connectivity index (χ0n) is 16.0. The molecule has 3 rings (SSSR count). The number of hydrogen-bond donors (Lipinski definition) is 1. The van der Waals surface area contributed by atoms with E-state index in [9.17, 15) is 9.59 Å². The number of carbonyl (C=O) groups is 2. The first-order chi connectivity index (χ1) is 13.8. The fourth-order valence-corrected chi connectivity index (χ4v) is 2.78. The normalized spacial score (nSPS) is 10.7. The number of amides is 1. The monoisotopic (exact) mass is 506 g/mol. The number of nitrogens with one attached hydrogen (secondary N) is 1. The summed E-state index contributed by atoms with van der Waals surface area (Å²) in [7, 11) is 1.77. The molecule has 0 spiro atoms. The Bertz CT molecular complexity index is 1030. The second-order valence-electron chi connectivity index (χ2n) is 6.44. The summed E-state index contributed by atoms with van der Waals surface area (Å²) in [6, 6.07) is 9.85. The first-order valence-electron chi connectivity index (χ1n) is 8.76. The molecular formula is C20H19IN4O4. The number of carbonyl (C=O) groups excluding carboxylic acids is 2. The van der Waals surface area contributed by atoms with E-state index >= 15 is 0 Å². The summed E-state index contributed by atoms with van der Waals surface area (Å²) in [4.78, 5) is 28.1. The number of halogens is 1. The summed E-state index contributed by atoms with van der Waals surface area (Å²) in [6.07, 6.45) is 3.11. The van der Waals surface area contributed by atoms with Gasteiger partial charge in [-0.3, -0.25) is 14.3 Å². The molecule has 8 nitrogen and oxygen atoms in total. The summed E-state index contributed by atoms with van der Waals surface area (Å²) in [5.41, 5.74) is 0.695. The zero-order chi connectivity index (χ0) is 21.0. The number of aryl methyl sites for hydroxylation is 1. The van der Waals surface area contributed by atoms with Gasteiger partial charge in [0.1, 0.15) is 22.9 Å². The molecule has 1 amide bonds. The SMILES string of the molecule is CC(C)Oc1cc(Oc2ccc(C(=O)I)nc2)cc(C(=O)Nc2ccn(C)n2)c1. The highest BCUT2D eigenvalue weighted by molar-refractivity contribution is 14.1. The molecule has 0 saturated carbocycles. The molecule has 0 radical (unpaired) electrons. The molecule has 0 bridgehead atoms. The van der Waals surface area contributed by atoms with Crippen molar-refractivity contribution in [2.45, 2.75) is 20.0 Å². The van der Waals surface area contributed by atoms with Crippen LogP contribution in [-0.2, 0) is 7.05 Å². The number of nitrogens with zero attached hydrogens (tertiary/aromatic N) is 3. The van der Waals surface area contributed by atoms with Crippen LogP contribution in [0.15, 0.2) is 48.8 Å². The molecule has 1 aromatic carbocycles. The predicted octanol–water partition coefficient (Wildman–Crippen LogP) is 4.22. The maximum Gasteiger partial charge on any atom is 0.257 e. The highest BCUT2D eigenvalue weighted by Gasteiger charge is 2.13. The van der Waals surface area contributed by atoms with Gasteiger partial charge in [-0.05, 0) is 38.1 Å². The minimum absolute atomic E-state index is 0.0763. The van der Waals surface area contributed by atoms with Crippen molar-refractivity contribution in [1.29, 1.82) is 0 Å². The lowest BCUT2D eigenvalue weighted by Gasteiger charge is -2.14. The molecule has 0 aliphatic heterocycles. The van der Waals surface area contributed by atoms with Gasteiger partial charge in [-0.1, -0.05) is 0 Å². The van der Waals surface area contributed by atoms with E-state index in [0.717, 1.165) is 0 Å². The Kier molecular flexibility index (Phi) is 6.47. The topological polar surface area (TPSA) is 95.3 Å². The minimum atomic E-state index is -0.341. The van der Waals surface area contributed by atoms with Gasteiger partial charge in [-0.2, -0.15) is 5.10 Å². The summed E-state index contributed by atoms with van der Waals surface area (Å²) < 4.78 is 13.0. The van der Waals surface area contributed by atoms with Gasteiger partial charge in [0, 0.05) is 53.5 Å². The van der Waals surface area contributed by atoms with Crippen LogP contribution in [0.1, 0.15) is 34.7 Å². The summed E-state index contributed by atoms with van der Waals surface area (Å²) in [6.45, 7) is 3.79. The van der Waals surface area contributed by atoms with E-state index in [2.05, 4.69) is 15.4 Å². The number of rotatable bonds is 7. The first-order valence-corrected chi connectivity index (χ1v) is 9.84. The van der Waals surface area contributed by atoms with Crippen LogP contribution < -0.4 is 14.8 Å². The van der Waals surface area contributed by atoms with Crippen LogP contribution in [0, 0.1) is 0 Å². The van der Waals surface area contributed by atoms with Crippen molar-refractivity contribution in [3.05, 3.63) is 60.0 Å². The Morgan fingerprint density at radius 2 is 1.86 bits per heavy atom. The van der Waals surface area contributed by atoms with Gasteiger partial charge in [0.25, 0.3) is 5.91 Å². The van der Waals surface area contributed by atoms with E-state index in [0.29, 0.717) is 34.3 Å². The lowest BCUT2D eigenvalue weighted by atomic mass is 10.2. The van der Waals surface area contributed by atoms with Gasteiger partial charge in [-0.15, -0.1) is 0 Å². The average Bonchev–Trinajstić information content (AvgIpc) is 3.06. The quantitative estimate of drug-likeness (QED) is 0.381. The minimum Gasteiger partial charge on any atom is -0.491 e. The van der Waals surface area contributed by atoms with Gasteiger partial charge in [0.2, 0.25) is 3.79 Å². The van der Waals surface area contributed by atoms with Crippen LogP contribution in [0.5, 0.6) is 17.2 Å². The molecule has 0 unspecified atom stereocenters. The molecule has 9 heteroatoms. The van der Waals surface area contributed by atoms with E-state index in [1.807, 2.05) is 13.8 Å². The third-order valence-electron chi connectivity index (χ3n) is 3.64. The Hall–Kier alpha value is -2.95. The molecule has 2 aromatic heterocycles. The van der Waals surface area contributed by atoms with Crippen molar-refractivity contribution >= 4 is 38.1 Å². The maximum atomic E-state index is 12.7. The third-order valence-corrected chi connectivity index (χ3v) is 4.20. The van der Waals surface area contributed by atoms with Crippen molar-refractivity contribution in [2.75, 3.05) is 5.32 Å². The molecular weight excluding hydrogens is 487 g/mol. The van der Waals surface area contributed by atoms with Gasteiger partial charge in [0.05, 0.1) is 12.3 Å². The highest BCUT2D eigenvalue weighted by atomic mass is 127. The van der Waals surface area contributed by atoms with Gasteiger partial charge in [-0.25, -0.2) is 4.98 Å². The van der Waals surface area contributed by atoms with Crippen LogP contribution in [0.25, 0.3) is 0 Å². The van der Waals surface area contributed by atoms with Crippen LogP contribution in [-0.4, -0.2) is 30.6 Å². The Balaban J connectivity index is 1.86. The van der Waals surface area contributed by atoms with Gasteiger partial charge in [0.15, 0.2) is 5.82 Å². The smallest absolute Gasteiger partial charge is 0.257 e. The van der Waals surface area contributed by atoms with E-state index in [1.54, 1.807) is 76.9 Å². The third kappa shape index (κ3) is 5.76. The van der Waals surface area contributed by atoms with Gasteiger partial charge < -0.3 is 14.8 Å². The number of pyridine rings is 1. The summed E-state index contributed by atoms with van der Waals surface area (Å²) >= 11 is 1.67. The van der Waals surface area contributed by atoms with Crippen LogP contribution in [0.2, 0.25) is 0 Å². The molecule has 0 saturated heterocycles. The van der Waals surface area contributed by atoms with Crippen LogP contribution in [0.4, 0.5) is 5.82 Å². The van der Waals surface area contributed by atoms with Crippen LogP contribution in [0.3, 0.4) is 0 Å². The first kappa shape index (κ1) is 20.8. The Morgan fingerprint density at radius 1 is 1.10 bits per heavy atom. The fourth-order valence-electron chi connectivity index (χ4n) is 2.47. The average molecular weight is 506 g/mol. The largest absolute Gasteiger partial charge is 0.491 e. The molecule has 150 valence electrons. The van der Waals surface area contributed by atoms with E-state index < -0.39 is 0 Å². The molecule has 1 N–H and O–H groups in total. The number of ether oxygens (including phenoxy) is 2. The number of benzene rings is 1. The number of aromatic nitrogens is 3. The highest BCUT2D eigenvalue weighted by Crippen LogP contribution is 2.28. The fraction of sp³-hybridized carbons (Fsp3) is 0.200. The summed E-state index contributed by atoms with van der Waals surface area (Å²) in [5, 5.41) is 6.88. The maximum absolute atomic E-state index is 12.7. The van der Waals surface area contributed by atoms with Crippen molar-refractivity contribution < 1.29 is 19.1 Å². The van der Waals surface area contributed by atoms with Crippen molar-refractivity contribution in [2.24, 2.45) is 7.05 Å². The molecule has 0 aliphatic rings. The number of hydrogen-bond acceptors (Lipinski definition) is 6. The standard InChI is InChI=1S/C20H19IN4O4/c1-12(2)28-15-8-13(20(27)23-18-6-7-25(3)24-18)9-16(10-15)29-14-4-5-17(19(21)26)22-11-14/h4-12H,1-3H3,(H,23,24,27). The van der Waals surface area contributed by atoms with Crippen molar-refractivity contribution in [3.8, 4) is 17.2 Å². The molecule has 0 aliphatic carbocycles. The Morgan fingerprint density at radius 3 is 2.45 bits per heavy atom. The lowest BCUT2D eigenvalue weighted by molar-refractivity contribution is 0.102. The predicted molar refractivity (Wildman–Crippen MR) is 116 cm³/mol. The molecule has 3 aromatic rings. The Labute approximate surface area is 181 Å². The second-order valence-corrected chi connectivity index (χ2v) is 7.42. The van der Waals surface area contributed by atoms with E-state index in [-0.39, 0.29) is 15.8 Å². The van der Waals surface area contributed by atoms with Gasteiger partial charge >= 0.3 is 0 Å². The van der Waals surface area contributed by atoms with E-state index in [1.165, 1.54) is 6.20 Å². The molecule has 0 atom stereocenters. The molecule has 2 heterocycles.